The average molecular weight is 320 g/mol. The Morgan fingerprint density at radius 3 is 2.77 bits per heavy atom. The minimum atomic E-state index is 0.267. The fourth-order valence-corrected chi connectivity index (χ4v) is 3.99. The maximum atomic E-state index is 12.7. The summed E-state index contributed by atoms with van der Waals surface area (Å²) in [6, 6.07) is 8.73. The van der Waals surface area contributed by atoms with Crippen LogP contribution in [0.5, 0.6) is 0 Å². The van der Waals surface area contributed by atoms with Gasteiger partial charge in [0.05, 0.1) is 6.42 Å². The number of thioether (sulfide) groups is 1. The largest absolute Gasteiger partial charge is 0.339 e. The fraction of sp³-hybridized carbons (Fsp3) is 0.632. The summed E-state index contributed by atoms with van der Waals surface area (Å²) < 4.78 is 0.267. The normalized spacial score (nSPS) is 19.3. The van der Waals surface area contributed by atoms with E-state index in [1.807, 2.05) is 17.8 Å². The Labute approximate surface area is 139 Å². The first-order valence-electron chi connectivity index (χ1n) is 8.34. The third kappa shape index (κ3) is 5.35. The van der Waals surface area contributed by atoms with Gasteiger partial charge in [0.2, 0.25) is 5.91 Å². The van der Waals surface area contributed by atoms with E-state index < -0.39 is 0 Å². The Bertz CT molecular complexity index is 506. The molecule has 0 N–H and O–H groups in total. The van der Waals surface area contributed by atoms with E-state index in [0.29, 0.717) is 18.4 Å². The Balaban J connectivity index is 1.98. The number of nitrogens with zero attached hydrogens (tertiary/aromatic N) is 1. The third-order valence-electron chi connectivity index (χ3n) is 4.09. The van der Waals surface area contributed by atoms with Gasteiger partial charge in [-0.15, -0.1) is 0 Å². The monoisotopic (exact) mass is 319 g/mol. The molecule has 0 spiro atoms. The number of aryl methyl sites for hydroxylation is 1. The lowest BCUT2D eigenvalue weighted by Gasteiger charge is -2.37. The van der Waals surface area contributed by atoms with Crippen LogP contribution < -0.4 is 0 Å². The molecule has 1 heterocycles. The Morgan fingerprint density at radius 1 is 1.32 bits per heavy atom. The predicted octanol–water partition coefficient (Wildman–Crippen LogP) is 4.45. The molecule has 122 valence electrons. The second-order valence-corrected chi connectivity index (χ2v) is 9.17. The van der Waals surface area contributed by atoms with Gasteiger partial charge in [0, 0.05) is 23.1 Å². The van der Waals surface area contributed by atoms with Crippen LogP contribution in [0.25, 0.3) is 0 Å². The predicted molar refractivity (Wildman–Crippen MR) is 96.4 cm³/mol. The molecule has 1 aliphatic rings. The molecule has 0 radical (unpaired) electrons. The molecule has 1 aliphatic heterocycles. The van der Waals surface area contributed by atoms with Gasteiger partial charge in [-0.2, -0.15) is 11.8 Å². The SMILES string of the molecule is Cc1cccc(CC(=O)N2CCCC[C@@H]2CSC(C)(C)C)c1. The van der Waals surface area contributed by atoms with E-state index in [1.54, 1.807) is 0 Å². The smallest absolute Gasteiger partial charge is 0.227 e. The number of carbonyl (C=O) groups excluding carboxylic acids is 1. The molecule has 1 aromatic rings. The van der Waals surface area contributed by atoms with Gasteiger partial charge in [-0.25, -0.2) is 0 Å². The molecule has 0 aliphatic carbocycles. The molecule has 0 unspecified atom stereocenters. The molecule has 0 saturated carbocycles. The van der Waals surface area contributed by atoms with E-state index in [0.717, 1.165) is 30.7 Å². The van der Waals surface area contributed by atoms with E-state index in [1.165, 1.54) is 12.0 Å². The van der Waals surface area contributed by atoms with Crippen molar-refractivity contribution in [3.8, 4) is 0 Å². The summed E-state index contributed by atoms with van der Waals surface area (Å²) >= 11 is 1.98. The zero-order chi connectivity index (χ0) is 16.2. The van der Waals surface area contributed by atoms with Crippen LogP contribution in [-0.4, -0.2) is 33.9 Å². The van der Waals surface area contributed by atoms with Crippen molar-refractivity contribution < 1.29 is 4.79 Å². The second kappa shape index (κ2) is 7.54. The summed E-state index contributed by atoms with van der Waals surface area (Å²) in [6.07, 6.45) is 4.10. The van der Waals surface area contributed by atoms with Gasteiger partial charge >= 0.3 is 0 Å². The van der Waals surface area contributed by atoms with Gasteiger partial charge in [0.15, 0.2) is 0 Å². The lowest BCUT2D eigenvalue weighted by Crippen LogP contribution is -2.46. The highest BCUT2D eigenvalue weighted by molar-refractivity contribution is 8.00. The highest BCUT2D eigenvalue weighted by atomic mass is 32.2. The lowest BCUT2D eigenvalue weighted by molar-refractivity contribution is -0.133. The number of hydrogen-bond acceptors (Lipinski definition) is 2. The zero-order valence-corrected chi connectivity index (χ0v) is 15.2. The lowest BCUT2D eigenvalue weighted by atomic mass is 10.0. The molecule has 1 amide bonds. The summed E-state index contributed by atoms with van der Waals surface area (Å²) in [5.41, 5.74) is 2.36. The van der Waals surface area contributed by atoms with Crippen LogP contribution in [0.4, 0.5) is 0 Å². The van der Waals surface area contributed by atoms with Crippen molar-refractivity contribution >= 4 is 17.7 Å². The number of amides is 1. The Kier molecular flexibility index (Phi) is 5.96. The van der Waals surface area contributed by atoms with Gasteiger partial charge in [0.25, 0.3) is 0 Å². The van der Waals surface area contributed by atoms with Crippen LogP contribution in [0, 0.1) is 6.92 Å². The minimum Gasteiger partial charge on any atom is -0.339 e. The van der Waals surface area contributed by atoms with E-state index in [9.17, 15) is 4.79 Å². The van der Waals surface area contributed by atoms with Crippen molar-refractivity contribution in [2.45, 2.75) is 64.2 Å². The van der Waals surface area contributed by atoms with E-state index in [4.69, 9.17) is 0 Å². The fourth-order valence-electron chi connectivity index (χ4n) is 2.95. The topological polar surface area (TPSA) is 20.3 Å². The van der Waals surface area contributed by atoms with Crippen LogP contribution in [0.2, 0.25) is 0 Å². The number of piperidine rings is 1. The van der Waals surface area contributed by atoms with Gasteiger partial charge in [-0.1, -0.05) is 50.6 Å². The molecule has 0 bridgehead atoms. The Hall–Kier alpha value is -0.960. The third-order valence-corrected chi connectivity index (χ3v) is 5.51. The minimum absolute atomic E-state index is 0.267. The van der Waals surface area contributed by atoms with Crippen molar-refractivity contribution in [1.82, 2.24) is 4.90 Å². The quantitative estimate of drug-likeness (QED) is 0.817. The van der Waals surface area contributed by atoms with Gasteiger partial charge < -0.3 is 4.90 Å². The van der Waals surface area contributed by atoms with Crippen LogP contribution in [0.15, 0.2) is 24.3 Å². The summed E-state index contributed by atoms with van der Waals surface area (Å²) in [5.74, 6) is 1.35. The standard InChI is InChI=1S/C19H29NOS/c1-15-8-7-9-16(12-15)13-18(21)20-11-6-5-10-17(20)14-22-19(2,3)4/h7-9,12,17H,5-6,10-11,13-14H2,1-4H3/t17-/m1/s1. The highest BCUT2D eigenvalue weighted by Crippen LogP contribution is 2.28. The highest BCUT2D eigenvalue weighted by Gasteiger charge is 2.27. The number of likely N-dealkylation sites (tertiary alicyclic amines) is 1. The van der Waals surface area contributed by atoms with Crippen molar-refractivity contribution in [3.63, 3.8) is 0 Å². The molecule has 2 rings (SSSR count). The van der Waals surface area contributed by atoms with Crippen LogP contribution >= 0.6 is 11.8 Å². The molecule has 1 fully saturated rings. The summed E-state index contributed by atoms with van der Waals surface area (Å²) in [5, 5.41) is 0. The molecular weight excluding hydrogens is 290 g/mol. The van der Waals surface area contributed by atoms with Gasteiger partial charge in [0.1, 0.15) is 0 Å². The summed E-state index contributed by atoms with van der Waals surface area (Å²) in [7, 11) is 0. The van der Waals surface area contributed by atoms with Crippen molar-refractivity contribution in [2.75, 3.05) is 12.3 Å². The molecule has 0 aromatic heterocycles. The molecule has 1 atom stereocenters. The van der Waals surface area contributed by atoms with Crippen LogP contribution in [0.1, 0.15) is 51.2 Å². The molecule has 1 saturated heterocycles. The first-order valence-corrected chi connectivity index (χ1v) is 9.33. The van der Waals surface area contributed by atoms with Crippen LogP contribution in [-0.2, 0) is 11.2 Å². The van der Waals surface area contributed by atoms with Crippen molar-refractivity contribution in [3.05, 3.63) is 35.4 Å². The van der Waals surface area contributed by atoms with E-state index in [-0.39, 0.29) is 4.75 Å². The number of benzene rings is 1. The zero-order valence-electron chi connectivity index (χ0n) is 14.4. The first-order chi connectivity index (χ1) is 10.3. The molecule has 1 aromatic carbocycles. The Morgan fingerprint density at radius 2 is 2.09 bits per heavy atom. The number of carbonyl (C=O) groups is 1. The number of rotatable bonds is 4. The first kappa shape index (κ1) is 17.4. The molecule has 3 heteroatoms. The van der Waals surface area contributed by atoms with E-state index in [2.05, 4.69) is 50.8 Å². The maximum Gasteiger partial charge on any atom is 0.227 e. The van der Waals surface area contributed by atoms with Crippen molar-refractivity contribution in [2.24, 2.45) is 0 Å². The van der Waals surface area contributed by atoms with Gasteiger partial charge in [-0.05, 0) is 31.7 Å². The number of hydrogen-bond donors (Lipinski definition) is 0. The van der Waals surface area contributed by atoms with E-state index >= 15 is 0 Å². The average Bonchev–Trinajstić information content (AvgIpc) is 2.44. The summed E-state index contributed by atoms with van der Waals surface area (Å²) in [6.45, 7) is 9.76. The molecule has 22 heavy (non-hydrogen) atoms. The maximum absolute atomic E-state index is 12.7. The molecule has 2 nitrogen and oxygen atoms in total. The second-order valence-electron chi connectivity index (χ2n) is 7.33. The molecular formula is C19H29NOS. The van der Waals surface area contributed by atoms with Crippen LogP contribution in [0.3, 0.4) is 0 Å². The van der Waals surface area contributed by atoms with Crippen molar-refractivity contribution in [1.29, 1.82) is 0 Å². The van der Waals surface area contributed by atoms with Gasteiger partial charge in [-0.3, -0.25) is 4.79 Å². The summed E-state index contributed by atoms with van der Waals surface area (Å²) in [4.78, 5) is 14.9.